The quantitative estimate of drug-likeness (QED) is 0.871. The van der Waals surface area contributed by atoms with Crippen molar-refractivity contribution < 1.29 is 18.3 Å². The van der Waals surface area contributed by atoms with E-state index in [1.807, 2.05) is 0 Å². The third-order valence-corrected chi connectivity index (χ3v) is 5.18. The van der Waals surface area contributed by atoms with Crippen LogP contribution in [-0.2, 0) is 16.6 Å². The predicted octanol–water partition coefficient (Wildman–Crippen LogP) is 2.06. The summed E-state index contributed by atoms with van der Waals surface area (Å²) in [6.45, 7) is -0.338. The molecule has 7 heteroatoms. The molecule has 2 rings (SSSR count). The third-order valence-electron chi connectivity index (χ3n) is 3.44. The lowest BCUT2D eigenvalue weighted by atomic mass is 10.2. The molecule has 1 aromatic rings. The van der Waals surface area contributed by atoms with Crippen molar-refractivity contribution in [2.45, 2.75) is 43.2 Å². The van der Waals surface area contributed by atoms with E-state index in [0.717, 1.165) is 25.7 Å². The molecule has 0 aromatic heterocycles. The molecular formula is C13H18ClNO4S. The van der Waals surface area contributed by atoms with Crippen molar-refractivity contribution in [2.75, 3.05) is 7.11 Å². The Balaban J connectivity index is 2.41. The van der Waals surface area contributed by atoms with Gasteiger partial charge < -0.3 is 9.84 Å². The van der Waals surface area contributed by atoms with Gasteiger partial charge in [0.1, 0.15) is 10.6 Å². The first-order valence-corrected chi connectivity index (χ1v) is 8.33. The highest BCUT2D eigenvalue weighted by molar-refractivity contribution is 7.89. The lowest BCUT2D eigenvalue weighted by Gasteiger charge is -2.17. The van der Waals surface area contributed by atoms with Crippen molar-refractivity contribution >= 4 is 21.6 Å². The fourth-order valence-electron chi connectivity index (χ4n) is 2.50. The van der Waals surface area contributed by atoms with E-state index in [4.69, 9.17) is 16.3 Å². The molecule has 0 atom stereocenters. The van der Waals surface area contributed by atoms with Crippen LogP contribution in [0, 0.1) is 0 Å². The number of nitrogens with one attached hydrogen (secondary N) is 1. The number of sulfonamides is 1. The summed E-state index contributed by atoms with van der Waals surface area (Å²) in [6.07, 6.45) is 3.74. The smallest absolute Gasteiger partial charge is 0.244 e. The summed E-state index contributed by atoms with van der Waals surface area (Å²) in [5, 5.41) is 9.55. The van der Waals surface area contributed by atoms with Crippen molar-refractivity contribution in [3.05, 3.63) is 22.7 Å². The summed E-state index contributed by atoms with van der Waals surface area (Å²) < 4.78 is 32.7. The molecule has 0 unspecified atom stereocenters. The van der Waals surface area contributed by atoms with Gasteiger partial charge in [0.2, 0.25) is 10.0 Å². The van der Waals surface area contributed by atoms with Gasteiger partial charge in [-0.1, -0.05) is 24.4 Å². The molecule has 0 aliphatic heterocycles. The molecule has 2 N–H and O–H groups in total. The summed E-state index contributed by atoms with van der Waals surface area (Å²) in [7, 11) is -2.34. The molecule has 0 heterocycles. The van der Waals surface area contributed by atoms with Gasteiger partial charge >= 0.3 is 0 Å². The monoisotopic (exact) mass is 319 g/mol. The molecule has 0 bridgehead atoms. The second kappa shape index (κ2) is 6.30. The van der Waals surface area contributed by atoms with Crippen molar-refractivity contribution in [3.8, 4) is 5.75 Å². The number of methoxy groups -OCH3 is 1. The van der Waals surface area contributed by atoms with E-state index in [2.05, 4.69) is 4.72 Å². The number of aliphatic hydroxyl groups is 1. The Labute approximate surface area is 124 Å². The number of hydrogen-bond acceptors (Lipinski definition) is 4. The van der Waals surface area contributed by atoms with Gasteiger partial charge in [-0.25, -0.2) is 13.1 Å². The van der Waals surface area contributed by atoms with E-state index in [1.54, 1.807) is 0 Å². The van der Waals surface area contributed by atoms with Crippen molar-refractivity contribution in [3.63, 3.8) is 0 Å². The fourth-order valence-corrected chi connectivity index (χ4v) is 4.35. The average Bonchev–Trinajstić information content (AvgIpc) is 2.89. The van der Waals surface area contributed by atoms with Gasteiger partial charge in [-0.15, -0.1) is 0 Å². The largest absolute Gasteiger partial charge is 0.495 e. The van der Waals surface area contributed by atoms with Crippen LogP contribution in [0.5, 0.6) is 5.75 Å². The van der Waals surface area contributed by atoms with E-state index < -0.39 is 10.0 Å². The first-order chi connectivity index (χ1) is 9.47. The zero-order valence-electron chi connectivity index (χ0n) is 11.2. The van der Waals surface area contributed by atoms with Crippen LogP contribution in [0.2, 0.25) is 5.02 Å². The Hall–Kier alpha value is -0.820. The van der Waals surface area contributed by atoms with Crippen molar-refractivity contribution in [1.82, 2.24) is 4.72 Å². The average molecular weight is 320 g/mol. The highest BCUT2D eigenvalue weighted by Crippen LogP contribution is 2.32. The standard InChI is InChI=1S/C13H18ClNO4S/c1-19-13-9(8-16)6-10(14)7-12(13)20(17,18)15-11-4-2-3-5-11/h6-7,11,15-16H,2-5,8H2,1H3. The minimum Gasteiger partial charge on any atom is -0.495 e. The lowest BCUT2D eigenvalue weighted by Crippen LogP contribution is -2.33. The molecule has 5 nitrogen and oxygen atoms in total. The van der Waals surface area contributed by atoms with E-state index in [0.29, 0.717) is 5.56 Å². The Bertz CT molecular complexity index is 582. The molecule has 1 fully saturated rings. The molecule has 1 aliphatic carbocycles. The van der Waals surface area contributed by atoms with E-state index in [9.17, 15) is 13.5 Å². The summed E-state index contributed by atoms with van der Waals surface area (Å²) in [5.41, 5.74) is 0.354. The van der Waals surface area contributed by atoms with Crippen LogP contribution in [0.15, 0.2) is 17.0 Å². The number of aliphatic hydroxyl groups excluding tert-OH is 1. The number of benzene rings is 1. The Morgan fingerprint density at radius 1 is 1.40 bits per heavy atom. The first kappa shape index (κ1) is 15.6. The van der Waals surface area contributed by atoms with Gasteiger partial charge in [-0.3, -0.25) is 0 Å². The maximum absolute atomic E-state index is 12.5. The molecule has 0 saturated heterocycles. The van der Waals surface area contributed by atoms with Crippen LogP contribution in [0.3, 0.4) is 0 Å². The van der Waals surface area contributed by atoms with Crippen molar-refractivity contribution in [2.24, 2.45) is 0 Å². The van der Waals surface area contributed by atoms with Gasteiger partial charge in [0.25, 0.3) is 0 Å². The van der Waals surface area contributed by atoms with E-state index in [1.165, 1.54) is 19.2 Å². The number of hydrogen-bond donors (Lipinski definition) is 2. The minimum absolute atomic E-state index is 0.0246. The van der Waals surface area contributed by atoms with Gasteiger partial charge in [-0.05, 0) is 25.0 Å². The fraction of sp³-hybridized carbons (Fsp3) is 0.538. The highest BCUT2D eigenvalue weighted by atomic mass is 35.5. The van der Waals surface area contributed by atoms with Gasteiger partial charge in [0.15, 0.2) is 0 Å². The number of ether oxygens (including phenoxy) is 1. The molecule has 0 spiro atoms. The van der Waals surface area contributed by atoms with Gasteiger partial charge in [-0.2, -0.15) is 0 Å². The molecule has 1 aromatic carbocycles. The minimum atomic E-state index is -3.71. The summed E-state index contributed by atoms with van der Waals surface area (Å²) in [5.74, 6) is 0.141. The maximum atomic E-state index is 12.5. The highest BCUT2D eigenvalue weighted by Gasteiger charge is 2.27. The molecule has 1 aliphatic rings. The number of halogens is 1. The Morgan fingerprint density at radius 2 is 2.05 bits per heavy atom. The Kier molecular flexibility index (Phi) is 4.90. The second-order valence-electron chi connectivity index (χ2n) is 4.86. The predicted molar refractivity (Wildman–Crippen MR) is 76.5 cm³/mol. The molecule has 20 heavy (non-hydrogen) atoms. The van der Waals surface area contributed by atoms with Crippen LogP contribution in [0.4, 0.5) is 0 Å². The van der Waals surface area contributed by atoms with Crippen LogP contribution >= 0.6 is 11.6 Å². The molecule has 0 radical (unpaired) electrons. The first-order valence-electron chi connectivity index (χ1n) is 6.47. The molecule has 112 valence electrons. The molecule has 0 amide bonds. The molecular weight excluding hydrogens is 302 g/mol. The van der Waals surface area contributed by atoms with Crippen LogP contribution in [0.1, 0.15) is 31.2 Å². The normalized spacial score (nSPS) is 16.6. The van der Waals surface area contributed by atoms with E-state index >= 15 is 0 Å². The zero-order valence-corrected chi connectivity index (χ0v) is 12.8. The van der Waals surface area contributed by atoms with Crippen LogP contribution in [0.25, 0.3) is 0 Å². The second-order valence-corrected chi connectivity index (χ2v) is 6.98. The zero-order chi connectivity index (χ0) is 14.8. The van der Waals surface area contributed by atoms with Crippen LogP contribution in [-0.4, -0.2) is 26.7 Å². The third kappa shape index (κ3) is 3.25. The van der Waals surface area contributed by atoms with Gasteiger partial charge in [0, 0.05) is 16.6 Å². The SMILES string of the molecule is COc1c(CO)cc(Cl)cc1S(=O)(=O)NC1CCCC1. The molecule has 1 saturated carbocycles. The van der Waals surface area contributed by atoms with Gasteiger partial charge in [0.05, 0.1) is 13.7 Å². The summed E-state index contributed by atoms with van der Waals surface area (Å²) in [6, 6.07) is 2.80. The summed E-state index contributed by atoms with van der Waals surface area (Å²) >= 11 is 5.92. The summed E-state index contributed by atoms with van der Waals surface area (Å²) in [4.78, 5) is -0.0246. The maximum Gasteiger partial charge on any atom is 0.244 e. The Morgan fingerprint density at radius 3 is 2.60 bits per heavy atom. The van der Waals surface area contributed by atoms with E-state index in [-0.39, 0.29) is 28.3 Å². The van der Waals surface area contributed by atoms with Crippen molar-refractivity contribution in [1.29, 1.82) is 0 Å². The topological polar surface area (TPSA) is 75.6 Å². The number of rotatable bonds is 5. The van der Waals surface area contributed by atoms with Crippen LogP contribution < -0.4 is 9.46 Å². The lowest BCUT2D eigenvalue weighted by molar-refractivity contribution is 0.272.